The van der Waals surface area contributed by atoms with Gasteiger partial charge in [-0.25, -0.2) is 0 Å². The van der Waals surface area contributed by atoms with Crippen LogP contribution in [0.2, 0.25) is 18.1 Å². The Balaban J connectivity index is 2.03. The number of ether oxygens (including phenoxy) is 2. The molecule has 0 amide bonds. The molecule has 2 aliphatic rings. The quantitative estimate of drug-likeness (QED) is 0.723. The first-order chi connectivity index (χ1) is 11.3. The molecule has 148 valence electrons. The van der Waals surface area contributed by atoms with E-state index in [1.54, 1.807) is 0 Å². The minimum atomic E-state index is -1.90. The first kappa shape index (κ1) is 21.3. The Morgan fingerprint density at radius 1 is 1.24 bits per heavy atom. The first-order valence-electron chi connectivity index (χ1n) is 9.76. The predicted octanol–water partition coefficient (Wildman–Crippen LogP) is 3.42. The largest absolute Gasteiger partial charge is 0.414 e. The predicted molar refractivity (Wildman–Crippen MR) is 103 cm³/mol. The molecule has 0 unspecified atom stereocenters. The van der Waals surface area contributed by atoms with Crippen LogP contribution in [-0.2, 0) is 13.9 Å². The van der Waals surface area contributed by atoms with Gasteiger partial charge in [0.05, 0.1) is 6.61 Å². The average molecular weight is 374 g/mol. The van der Waals surface area contributed by atoms with Gasteiger partial charge >= 0.3 is 0 Å². The molecule has 0 aromatic rings. The van der Waals surface area contributed by atoms with Gasteiger partial charge < -0.3 is 24.3 Å². The maximum absolute atomic E-state index is 10.8. The topological polar surface area (TPSA) is 60.0 Å². The summed E-state index contributed by atoms with van der Waals surface area (Å²) in [7, 11) is -1.90. The second-order valence-corrected chi connectivity index (χ2v) is 14.6. The van der Waals surface area contributed by atoms with Crippen LogP contribution in [0.5, 0.6) is 0 Å². The van der Waals surface area contributed by atoms with Crippen LogP contribution in [0.15, 0.2) is 0 Å². The second-order valence-electron chi connectivity index (χ2n) is 9.81. The number of hydrogen-bond donors (Lipinski definition) is 2. The summed E-state index contributed by atoms with van der Waals surface area (Å²) >= 11 is 0. The van der Waals surface area contributed by atoms with Crippen LogP contribution in [0.4, 0.5) is 0 Å². The number of nitrogens with one attached hydrogen (secondary N) is 1. The monoisotopic (exact) mass is 373 g/mol. The van der Waals surface area contributed by atoms with Crippen molar-refractivity contribution in [3.8, 4) is 0 Å². The molecule has 2 saturated heterocycles. The molecule has 0 bridgehead atoms. The molecular weight excluding hydrogens is 334 g/mol. The zero-order valence-corrected chi connectivity index (χ0v) is 18.4. The molecule has 0 spiro atoms. The Morgan fingerprint density at radius 3 is 2.44 bits per heavy atom. The second kappa shape index (κ2) is 7.56. The lowest BCUT2D eigenvalue weighted by Gasteiger charge is -2.38. The standard InChI is InChI=1S/C19H39NO4Si/c1-13-10-9-11-14(20-13)16-17(24-19(5,6)23-16)15(21)12-22-25(7,8)18(2,3)4/h13-17,20-21H,9-12H2,1-8H3/t13-,14-,15+,16-,17+/m0/s1. The van der Waals surface area contributed by atoms with Crippen molar-refractivity contribution >= 4 is 8.32 Å². The van der Waals surface area contributed by atoms with Gasteiger partial charge in [-0.1, -0.05) is 27.2 Å². The van der Waals surface area contributed by atoms with Crippen LogP contribution in [0, 0.1) is 0 Å². The summed E-state index contributed by atoms with van der Waals surface area (Å²) in [5, 5.41) is 14.6. The number of aliphatic hydroxyl groups is 1. The lowest BCUT2D eigenvalue weighted by molar-refractivity contribution is -0.158. The van der Waals surface area contributed by atoms with Gasteiger partial charge in [0.25, 0.3) is 0 Å². The number of piperidine rings is 1. The molecule has 2 aliphatic heterocycles. The molecule has 2 rings (SSSR count). The molecule has 6 heteroatoms. The van der Waals surface area contributed by atoms with Crippen LogP contribution < -0.4 is 5.32 Å². The molecular formula is C19H39NO4Si. The number of hydrogen-bond acceptors (Lipinski definition) is 5. The Morgan fingerprint density at radius 2 is 1.88 bits per heavy atom. The van der Waals surface area contributed by atoms with E-state index in [1.807, 2.05) is 13.8 Å². The van der Waals surface area contributed by atoms with Gasteiger partial charge in [-0.05, 0) is 51.7 Å². The van der Waals surface area contributed by atoms with E-state index >= 15 is 0 Å². The van der Waals surface area contributed by atoms with E-state index in [1.165, 1.54) is 12.8 Å². The van der Waals surface area contributed by atoms with E-state index in [4.69, 9.17) is 13.9 Å². The SMILES string of the molecule is C[C@H]1CCC[C@@H]([C@@H]2OC(C)(C)O[C@@H]2[C@H](O)CO[Si](C)(C)C(C)(C)C)N1. The Labute approximate surface area is 154 Å². The Kier molecular flexibility index (Phi) is 6.45. The summed E-state index contributed by atoms with van der Waals surface area (Å²) in [6.45, 7) is 17.4. The number of aliphatic hydroxyl groups excluding tert-OH is 1. The van der Waals surface area contributed by atoms with E-state index in [-0.39, 0.29) is 23.3 Å². The van der Waals surface area contributed by atoms with E-state index in [0.29, 0.717) is 12.6 Å². The Hall–Kier alpha value is 0.0169. The zero-order chi connectivity index (χ0) is 19.0. The van der Waals surface area contributed by atoms with E-state index in [9.17, 15) is 5.11 Å². The molecule has 0 aliphatic carbocycles. The third-order valence-corrected chi connectivity index (χ3v) is 10.5. The smallest absolute Gasteiger partial charge is 0.192 e. The van der Waals surface area contributed by atoms with Gasteiger partial charge in [-0.2, -0.15) is 0 Å². The molecule has 0 radical (unpaired) electrons. The molecule has 5 atom stereocenters. The van der Waals surface area contributed by atoms with Crippen LogP contribution in [0.1, 0.15) is 60.8 Å². The summed E-state index contributed by atoms with van der Waals surface area (Å²) in [5.41, 5.74) is 0. The fourth-order valence-electron chi connectivity index (χ4n) is 3.47. The van der Waals surface area contributed by atoms with Crippen molar-refractivity contribution in [2.75, 3.05) is 6.61 Å². The van der Waals surface area contributed by atoms with Crippen molar-refractivity contribution in [1.29, 1.82) is 0 Å². The van der Waals surface area contributed by atoms with Crippen molar-refractivity contribution in [1.82, 2.24) is 5.32 Å². The van der Waals surface area contributed by atoms with Crippen molar-refractivity contribution in [2.45, 2.75) is 115 Å². The van der Waals surface area contributed by atoms with E-state index < -0.39 is 20.2 Å². The van der Waals surface area contributed by atoms with Crippen molar-refractivity contribution in [3.63, 3.8) is 0 Å². The molecule has 2 heterocycles. The average Bonchev–Trinajstić information content (AvgIpc) is 2.80. The summed E-state index contributed by atoms with van der Waals surface area (Å²) < 4.78 is 18.5. The summed E-state index contributed by atoms with van der Waals surface area (Å²) in [4.78, 5) is 0. The first-order valence-corrected chi connectivity index (χ1v) is 12.7. The third-order valence-electron chi connectivity index (χ3n) is 6.01. The molecule has 2 N–H and O–H groups in total. The molecule has 5 nitrogen and oxygen atoms in total. The highest BCUT2D eigenvalue weighted by Crippen LogP contribution is 2.38. The lowest BCUT2D eigenvalue weighted by Crippen LogP contribution is -2.54. The minimum absolute atomic E-state index is 0.124. The highest BCUT2D eigenvalue weighted by molar-refractivity contribution is 6.74. The summed E-state index contributed by atoms with van der Waals surface area (Å²) in [6, 6.07) is 0.699. The normalized spacial score (nSPS) is 34.9. The lowest BCUT2D eigenvalue weighted by atomic mass is 9.92. The summed E-state index contributed by atoms with van der Waals surface area (Å²) in [6.07, 6.45) is 2.25. The van der Waals surface area contributed by atoms with Crippen molar-refractivity contribution in [2.24, 2.45) is 0 Å². The molecule has 2 fully saturated rings. The molecule has 0 saturated carbocycles. The van der Waals surface area contributed by atoms with Gasteiger partial charge in [0.2, 0.25) is 0 Å². The highest BCUT2D eigenvalue weighted by Gasteiger charge is 2.49. The van der Waals surface area contributed by atoms with E-state index in [0.717, 1.165) is 6.42 Å². The van der Waals surface area contributed by atoms with Crippen LogP contribution >= 0.6 is 0 Å². The van der Waals surface area contributed by atoms with Crippen molar-refractivity contribution < 1.29 is 19.0 Å². The zero-order valence-electron chi connectivity index (χ0n) is 17.4. The maximum Gasteiger partial charge on any atom is 0.192 e. The van der Waals surface area contributed by atoms with Gasteiger partial charge in [0.15, 0.2) is 14.1 Å². The van der Waals surface area contributed by atoms with Crippen LogP contribution in [0.25, 0.3) is 0 Å². The van der Waals surface area contributed by atoms with Crippen molar-refractivity contribution in [3.05, 3.63) is 0 Å². The van der Waals surface area contributed by atoms with Gasteiger partial charge in [0, 0.05) is 12.1 Å². The van der Waals surface area contributed by atoms with Crippen LogP contribution in [-0.4, -0.2) is 56.2 Å². The summed E-state index contributed by atoms with van der Waals surface area (Å²) in [5.74, 6) is -0.671. The Bertz CT molecular complexity index is 449. The maximum atomic E-state index is 10.8. The highest BCUT2D eigenvalue weighted by atomic mass is 28.4. The van der Waals surface area contributed by atoms with E-state index in [2.05, 4.69) is 46.1 Å². The third kappa shape index (κ3) is 5.27. The van der Waals surface area contributed by atoms with Crippen LogP contribution in [0.3, 0.4) is 0 Å². The fraction of sp³-hybridized carbons (Fsp3) is 1.00. The van der Waals surface area contributed by atoms with Gasteiger partial charge in [0.1, 0.15) is 18.3 Å². The molecule has 0 aromatic heterocycles. The van der Waals surface area contributed by atoms with Gasteiger partial charge in [-0.15, -0.1) is 0 Å². The van der Waals surface area contributed by atoms with Gasteiger partial charge in [-0.3, -0.25) is 0 Å². The fourth-order valence-corrected chi connectivity index (χ4v) is 4.49. The molecule has 25 heavy (non-hydrogen) atoms. The number of rotatable bonds is 5. The minimum Gasteiger partial charge on any atom is -0.414 e. The molecule has 0 aromatic carbocycles.